The van der Waals surface area contributed by atoms with Gasteiger partial charge in [-0.2, -0.15) is 0 Å². The van der Waals surface area contributed by atoms with Gasteiger partial charge in [-0.05, 0) is 18.2 Å². The van der Waals surface area contributed by atoms with E-state index in [-0.39, 0.29) is 45.5 Å². The molecule has 0 aliphatic rings. The van der Waals surface area contributed by atoms with Gasteiger partial charge in [-0.3, -0.25) is 10.1 Å². The quantitative estimate of drug-likeness (QED) is 0.311. The Hall–Kier alpha value is -1.08. The third-order valence-corrected chi connectivity index (χ3v) is 2.23. The molecule has 0 unspecified atom stereocenters. The van der Waals surface area contributed by atoms with Crippen molar-refractivity contribution in [1.82, 2.24) is 0 Å². The second kappa shape index (κ2) is 5.05. The van der Waals surface area contributed by atoms with Gasteiger partial charge in [-0.1, -0.05) is 11.6 Å². The zero-order valence-corrected chi connectivity index (χ0v) is 11.4. The van der Waals surface area contributed by atoms with E-state index >= 15 is 0 Å². The van der Waals surface area contributed by atoms with Crippen LogP contribution in [0.15, 0.2) is 27.4 Å². The number of aromatic hydroxyl groups is 1. The first-order valence-electron chi connectivity index (χ1n) is 4.10. The van der Waals surface area contributed by atoms with E-state index in [4.69, 9.17) is 11.6 Å². The summed E-state index contributed by atoms with van der Waals surface area (Å²) in [5.41, 5.74) is -2.15. The molecule has 1 heterocycles. The number of benzene rings is 1. The molecule has 0 atom stereocenters. The van der Waals surface area contributed by atoms with Gasteiger partial charge in [0, 0.05) is 5.02 Å². The minimum absolute atomic E-state index is 0. The van der Waals surface area contributed by atoms with Crippen LogP contribution in [0.2, 0.25) is 5.02 Å². The molecule has 2 rings (SSSR count). The maximum atomic E-state index is 11.2. The van der Waals surface area contributed by atoms with E-state index in [2.05, 4.69) is 4.42 Å². The van der Waals surface area contributed by atoms with Crippen LogP contribution in [-0.2, 0) is 0 Å². The molecule has 0 amide bonds. The van der Waals surface area contributed by atoms with E-state index in [1.165, 1.54) is 18.2 Å². The molecule has 8 heteroatoms. The zero-order valence-electron chi connectivity index (χ0n) is 8.64. The Morgan fingerprint density at radius 1 is 1.41 bits per heavy atom. The van der Waals surface area contributed by atoms with E-state index in [1.807, 2.05) is 0 Å². The molecule has 0 saturated heterocycles. The first-order valence-corrected chi connectivity index (χ1v) is 4.48. The maximum absolute atomic E-state index is 11.2. The zero-order chi connectivity index (χ0) is 11.9. The van der Waals surface area contributed by atoms with E-state index in [9.17, 15) is 20.0 Å². The predicted molar refractivity (Wildman–Crippen MR) is 55.8 cm³/mol. The summed E-state index contributed by atoms with van der Waals surface area (Å²) >= 11 is 5.66. The van der Waals surface area contributed by atoms with Crippen LogP contribution in [0.5, 0.6) is 5.75 Å². The number of hydrogen-bond acceptors (Lipinski definition) is 5. The SMILES string of the molecule is O=c1oc2ccc(Cl)cc2c(O)c1[N+](=O)[O-].[Na+]. The van der Waals surface area contributed by atoms with Gasteiger partial charge in [0.05, 0.1) is 10.3 Å². The molecule has 1 aromatic heterocycles. The van der Waals surface area contributed by atoms with Gasteiger partial charge in [0.2, 0.25) is 5.75 Å². The van der Waals surface area contributed by atoms with Crippen molar-refractivity contribution in [2.75, 3.05) is 0 Å². The Bertz CT molecular complexity index is 654. The third-order valence-electron chi connectivity index (χ3n) is 2.00. The number of hydrogen-bond donors (Lipinski definition) is 1. The number of nitro groups is 1. The summed E-state index contributed by atoms with van der Waals surface area (Å²) in [6.07, 6.45) is 0. The number of rotatable bonds is 1. The van der Waals surface area contributed by atoms with Crippen LogP contribution in [0, 0.1) is 10.1 Å². The maximum Gasteiger partial charge on any atom is 1.00 e. The van der Waals surface area contributed by atoms with Crippen molar-refractivity contribution in [3.05, 3.63) is 43.8 Å². The number of halogens is 1. The molecule has 1 N–H and O–H groups in total. The van der Waals surface area contributed by atoms with Gasteiger partial charge in [-0.25, -0.2) is 4.79 Å². The van der Waals surface area contributed by atoms with E-state index < -0.39 is 22.0 Å². The molecule has 0 saturated carbocycles. The van der Waals surface area contributed by atoms with Crippen LogP contribution >= 0.6 is 11.6 Å². The largest absolute Gasteiger partial charge is 1.00 e. The monoisotopic (exact) mass is 264 g/mol. The first kappa shape index (κ1) is 14.0. The van der Waals surface area contributed by atoms with Crippen molar-refractivity contribution in [2.24, 2.45) is 0 Å². The summed E-state index contributed by atoms with van der Waals surface area (Å²) in [6.45, 7) is 0. The molecule has 17 heavy (non-hydrogen) atoms. The molecule has 2 aromatic rings. The number of nitrogens with zero attached hydrogens (tertiary/aromatic N) is 1. The summed E-state index contributed by atoms with van der Waals surface area (Å²) < 4.78 is 4.67. The molecule has 0 radical (unpaired) electrons. The van der Waals surface area contributed by atoms with Gasteiger partial charge < -0.3 is 9.52 Å². The van der Waals surface area contributed by atoms with Crippen molar-refractivity contribution in [3.8, 4) is 5.75 Å². The van der Waals surface area contributed by atoms with Gasteiger partial charge in [0.25, 0.3) is 0 Å². The summed E-state index contributed by atoms with van der Waals surface area (Å²) in [5.74, 6) is -0.737. The van der Waals surface area contributed by atoms with Crippen LogP contribution in [-0.4, -0.2) is 10.0 Å². The van der Waals surface area contributed by atoms with Crippen LogP contribution in [0.25, 0.3) is 11.0 Å². The van der Waals surface area contributed by atoms with E-state index in [0.717, 1.165) is 0 Å². The fourth-order valence-corrected chi connectivity index (χ4v) is 1.48. The summed E-state index contributed by atoms with van der Waals surface area (Å²) in [6, 6.07) is 4.07. The standard InChI is InChI=1S/C9H4ClNO5.Na/c10-4-1-2-6-5(3-4)8(12)7(11(14)15)9(13)16-6;/h1-3,12H;/q;+1. The minimum atomic E-state index is -1.20. The Morgan fingerprint density at radius 3 is 2.65 bits per heavy atom. The molecular formula is C9H4ClNNaO5+. The molecule has 1 aromatic carbocycles. The minimum Gasteiger partial charge on any atom is -0.501 e. The van der Waals surface area contributed by atoms with E-state index in [0.29, 0.717) is 0 Å². The van der Waals surface area contributed by atoms with Crippen molar-refractivity contribution in [2.45, 2.75) is 0 Å². The average molecular weight is 265 g/mol. The molecule has 0 aliphatic heterocycles. The molecule has 0 spiro atoms. The Morgan fingerprint density at radius 2 is 2.06 bits per heavy atom. The summed E-state index contributed by atoms with van der Waals surface area (Å²) in [5, 5.41) is 20.4. The fraction of sp³-hybridized carbons (Fsp3) is 0. The van der Waals surface area contributed by atoms with Gasteiger partial charge in [0.15, 0.2) is 0 Å². The van der Waals surface area contributed by atoms with Crippen molar-refractivity contribution in [3.63, 3.8) is 0 Å². The summed E-state index contributed by atoms with van der Waals surface area (Å²) in [7, 11) is 0. The first-order chi connectivity index (χ1) is 7.50. The second-order valence-electron chi connectivity index (χ2n) is 2.98. The molecule has 6 nitrogen and oxygen atoms in total. The normalized spacial score (nSPS) is 9.94. The Balaban J connectivity index is 0.00000144. The Labute approximate surface area is 121 Å². The van der Waals surface area contributed by atoms with Gasteiger partial charge in [-0.15, -0.1) is 0 Å². The van der Waals surface area contributed by atoms with Gasteiger partial charge >= 0.3 is 40.9 Å². The third kappa shape index (κ3) is 2.44. The topological polar surface area (TPSA) is 93.6 Å². The molecule has 0 bridgehead atoms. The Kier molecular flexibility index (Phi) is 4.16. The second-order valence-corrected chi connectivity index (χ2v) is 3.42. The van der Waals surface area contributed by atoms with Crippen molar-refractivity contribution in [1.29, 1.82) is 0 Å². The van der Waals surface area contributed by atoms with Crippen LogP contribution in [0.4, 0.5) is 5.69 Å². The molecule has 0 aliphatic carbocycles. The van der Waals surface area contributed by atoms with Crippen molar-refractivity contribution >= 4 is 28.3 Å². The van der Waals surface area contributed by atoms with Crippen LogP contribution < -0.4 is 35.2 Å². The predicted octanol–water partition coefficient (Wildman–Crippen LogP) is -0.936. The van der Waals surface area contributed by atoms with E-state index in [1.54, 1.807) is 0 Å². The smallest absolute Gasteiger partial charge is 0.501 e. The van der Waals surface area contributed by atoms with Gasteiger partial charge in [0.1, 0.15) is 5.58 Å². The van der Waals surface area contributed by atoms with Crippen LogP contribution in [0.1, 0.15) is 0 Å². The number of fused-ring (bicyclic) bond motifs is 1. The molecule has 82 valence electrons. The molecule has 0 fully saturated rings. The fourth-order valence-electron chi connectivity index (χ4n) is 1.31. The summed E-state index contributed by atoms with van der Waals surface area (Å²) in [4.78, 5) is 20.7. The average Bonchev–Trinajstić information content (AvgIpc) is 2.19. The molecular weight excluding hydrogens is 261 g/mol. The van der Waals surface area contributed by atoms with Crippen LogP contribution in [0.3, 0.4) is 0 Å². The van der Waals surface area contributed by atoms with Crippen molar-refractivity contribution < 1.29 is 44.0 Å².